The molecule has 0 aliphatic carbocycles. The molecule has 4 nitrogen and oxygen atoms in total. The van der Waals surface area contributed by atoms with E-state index in [0.29, 0.717) is 12.2 Å². The Hall–Kier alpha value is -1.88. The highest BCUT2D eigenvalue weighted by molar-refractivity contribution is 7.11. The van der Waals surface area contributed by atoms with Crippen LogP contribution in [0.25, 0.3) is 0 Å². The first-order chi connectivity index (χ1) is 10.0. The molecule has 0 aliphatic heterocycles. The molecule has 1 aromatic carbocycles. The van der Waals surface area contributed by atoms with Gasteiger partial charge in [0.2, 0.25) is 0 Å². The summed E-state index contributed by atoms with van der Waals surface area (Å²) in [6.45, 7) is 8.34. The monoisotopic (exact) mass is 304 g/mol. The van der Waals surface area contributed by atoms with Gasteiger partial charge in [-0.25, -0.2) is 9.78 Å². The molecule has 0 saturated heterocycles. The van der Waals surface area contributed by atoms with Crippen molar-refractivity contribution in [1.82, 2.24) is 4.98 Å². The summed E-state index contributed by atoms with van der Waals surface area (Å²) < 4.78 is 4.97. The van der Waals surface area contributed by atoms with Crippen LogP contribution >= 0.6 is 11.3 Å². The second-order valence-corrected chi connectivity index (χ2v) is 6.08. The fourth-order valence-electron chi connectivity index (χ4n) is 2.18. The zero-order valence-corrected chi connectivity index (χ0v) is 13.6. The number of thiazole rings is 1. The van der Waals surface area contributed by atoms with Crippen molar-refractivity contribution in [3.63, 3.8) is 0 Å². The quantitative estimate of drug-likeness (QED) is 0.845. The minimum absolute atomic E-state index is 0.185. The van der Waals surface area contributed by atoms with Crippen molar-refractivity contribution < 1.29 is 9.53 Å². The third-order valence-electron chi connectivity index (χ3n) is 3.11. The predicted octanol–water partition coefficient (Wildman–Crippen LogP) is 4.11. The summed E-state index contributed by atoms with van der Waals surface area (Å²) in [5.74, 6) is -0.286. The molecule has 0 bridgehead atoms. The number of anilines is 1. The molecule has 5 heteroatoms. The topological polar surface area (TPSA) is 51.2 Å². The molecule has 2 aromatic rings. The largest absolute Gasteiger partial charge is 0.462 e. The molecule has 0 saturated carbocycles. The van der Waals surface area contributed by atoms with Gasteiger partial charge in [0.05, 0.1) is 28.9 Å². The summed E-state index contributed by atoms with van der Waals surface area (Å²) in [7, 11) is 0. The van der Waals surface area contributed by atoms with Crippen LogP contribution in [0.5, 0.6) is 0 Å². The zero-order chi connectivity index (χ0) is 15.4. The van der Waals surface area contributed by atoms with Gasteiger partial charge in [0.1, 0.15) is 0 Å². The van der Waals surface area contributed by atoms with Crippen LogP contribution in [0.15, 0.2) is 24.3 Å². The Bertz CT molecular complexity index is 620. The molecule has 1 aromatic heterocycles. The number of nitrogens with one attached hydrogen (secondary N) is 1. The average Bonchev–Trinajstić information content (AvgIpc) is 2.79. The molecule has 0 fully saturated rings. The third kappa shape index (κ3) is 3.82. The van der Waals surface area contributed by atoms with Gasteiger partial charge < -0.3 is 10.1 Å². The highest BCUT2D eigenvalue weighted by Crippen LogP contribution is 2.27. The highest BCUT2D eigenvalue weighted by atomic mass is 32.1. The van der Waals surface area contributed by atoms with Crippen LogP contribution in [0.4, 0.5) is 5.69 Å². The molecular formula is C16H20N2O2S. The normalized spacial score (nSPS) is 12.0. The lowest BCUT2D eigenvalue weighted by atomic mass is 10.2. The van der Waals surface area contributed by atoms with Gasteiger partial charge in [0.25, 0.3) is 0 Å². The van der Waals surface area contributed by atoms with E-state index in [1.165, 1.54) is 4.88 Å². The lowest BCUT2D eigenvalue weighted by Gasteiger charge is -2.14. The van der Waals surface area contributed by atoms with Gasteiger partial charge in [-0.2, -0.15) is 0 Å². The van der Waals surface area contributed by atoms with Crippen LogP contribution in [0.3, 0.4) is 0 Å². The van der Waals surface area contributed by atoms with Gasteiger partial charge in [-0.1, -0.05) is 0 Å². The molecule has 1 unspecified atom stereocenters. The summed E-state index contributed by atoms with van der Waals surface area (Å²) in [5.41, 5.74) is 2.61. The number of aromatic nitrogens is 1. The van der Waals surface area contributed by atoms with E-state index in [-0.39, 0.29) is 12.0 Å². The first-order valence-corrected chi connectivity index (χ1v) is 7.80. The number of ether oxygens (including phenoxy) is 1. The molecule has 2 rings (SSSR count). The standard InChI is InChI=1S/C16H20N2O2S/c1-5-20-16(19)13-6-8-14(9-7-13)18-11(3)15-10(2)17-12(4)21-15/h6-9,11,18H,5H2,1-4H3. The second kappa shape index (κ2) is 6.72. The number of rotatable bonds is 5. The zero-order valence-electron chi connectivity index (χ0n) is 12.8. The van der Waals surface area contributed by atoms with Crippen LogP contribution in [0.1, 0.15) is 45.8 Å². The number of nitrogens with zero attached hydrogens (tertiary/aromatic N) is 1. The van der Waals surface area contributed by atoms with Gasteiger partial charge in [0.15, 0.2) is 0 Å². The van der Waals surface area contributed by atoms with Crippen molar-refractivity contribution in [2.24, 2.45) is 0 Å². The van der Waals surface area contributed by atoms with Crippen molar-refractivity contribution in [2.45, 2.75) is 33.7 Å². The summed E-state index contributed by atoms with van der Waals surface area (Å²) in [6, 6.07) is 7.53. The Labute approximate surface area is 129 Å². The van der Waals surface area contributed by atoms with Crippen LogP contribution in [-0.4, -0.2) is 17.6 Å². The maximum absolute atomic E-state index is 11.6. The maximum Gasteiger partial charge on any atom is 0.338 e. The molecular weight excluding hydrogens is 284 g/mol. The molecule has 21 heavy (non-hydrogen) atoms. The molecule has 112 valence electrons. The van der Waals surface area contributed by atoms with E-state index in [1.807, 2.05) is 26.0 Å². The van der Waals surface area contributed by atoms with E-state index in [2.05, 4.69) is 17.2 Å². The second-order valence-electron chi connectivity index (χ2n) is 4.85. The van der Waals surface area contributed by atoms with Crippen molar-refractivity contribution >= 4 is 23.0 Å². The van der Waals surface area contributed by atoms with Gasteiger partial charge in [-0.15, -0.1) is 11.3 Å². The van der Waals surface area contributed by atoms with Crippen LogP contribution in [-0.2, 0) is 4.74 Å². The van der Waals surface area contributed by atoms with Crippen molar-refractivity contribution in [3.05, 3.63) is 45.4 Å². The summed E-state index contributed by atoms with van der Waals surface area (Å²) in [5, 5.41) is 4.51. The van der Waals surface area contributed by atoms with Gasteiger partial charge in [-0.3, -0.25) is 0 Å². The maximum atomic E-state index is 11.6. The lowest BCUT2D eigenvalue weighted by Crippen LogP contribution is -2.07. The lowest BCUT2D eigenvalue weighted by molar-refractivity contribution is 0.0526. The van der Waals surface area contributed by atoms with Gasteiger partial charge in [-0.05, 0) is 52.0 Å². The fraction of sp³-hybridized carbons (Fsp3) is 0.375. The van der Waals surface area contributed by atoms with E-state index >= 15 is 0 Å². The number of benzene rings is 1. The van der Waals surface area contributed by atoms with E-state index in [9.17, 15) is 4.79 Å². The molecule has 1 N–H and O–H groups in total. The number of carbonyl (C=O) groups is 1. The van der Waals surface area contributed by atoms with Gasteiger partial charge >= 0.3 is 5.97 Å². The summed E-state index contributed by atoms with van der Waals surface area (Å²) in [6.07, 6.45) is 0. The first kappa shape index (κ1) is 15.5. The number of hydrogen-bond donors (Lipinski definition) is 1. The molecule has 0 radical (unpaired) electrons. The molecule has 0 aliphatic rings. The summed E-state index contributed by atoms with van der Waals surface area (Å²) >= 11 is 1.71. The van der Waals surface area contributed by atoms with E-state index in [4.69, 9.17) is 4.74 Å². The minimum atomic E-state index is -0.286. The minimum Gasteiger partial charge on any atom is -0.462 e. The average molecular weight is 304 g/mol. The summed E-state index contributed by atoms with van der Waals surface area (Å²) in [4.78, 5) is 17.3. The van der Waals surface area contributed by atoms with E-state index < -0.39 is 0 Å². The number of aryl methyl sites for hydroxylation is 2. The highest BCUT2D eigenvalue weighted by Gasteiger charge is 2.13. The smallest absolute Gasteiger partial charge is 0.338 e. The van der Waals surface area contributed by atoms with Crippen molar-refractivity contribution in [2.75, 3.05) is 11.9 Å². The van der Waals surface area contributed by atoms with E-state index in [0.717, 1.165) is 16.4 Å². The van der Waals surface area contributed by atoms with E-state index in [1.54, 1.807) is 30.4 Å². The molecule has 1 heterocycles. The van der Waals surface area contributed by atoms with Crippen LogP contribution < -0.4 is 5.32 Å². The first-order valence-electron chi connectivity index (χ1n) is 6.99. The Morgan fingerprint density at radius 2 is 2.00 bits per heavy atom. The third-order valence-corrected chi connectivity index (χ3v) is 4.37. The van der Waals surface area contributed by atoms with Crippen molar-refractivity contribution in [1.29, 1.82) is 0 Å². The fourth-order valence-corrected chi connectivity index (χ4v) is 3.11. The van der Waals surface area contributed by atoms with Crippen LogP contribution in [0.2, 0.25) is 0 Å². The Balaban J connectivity index is 2.06. The number of carbonyl (C=O) groups excluding carboxylic acids is 1. The Kier molecular flexibility index (Phi) is 4.96. The SMILES string of the molecule is CCOC(=O)c1ccc(NC(C)c2sc(C)nc2C)cc1. The van der Waals surface area contributed by atoms with Crippen LogP contribution in [0, 0.1) is 13.8 Å². The number of esters is 1. The Morgan fingerprint density at radius 3 is 2.52 bits per heavy atom. The van der Waals surface area contributed by atoms with Gasteiger partial charge in [0, 0.05) is 10.6 Å². The predicted molar refractivity (Wildman–Crippen MR) is 86.0 cm³/mol. The molecule has 0 amide bonds. The Morgan fingerprint density at radius 1 is 1.33 bits per heavy atom. The molecule has 1 atom stereocenters. The molecule has 0 spiro atoms. The number of hydrogen-bond acceptors (Lipinski definition) is 5. The van der Waals surface area contributed by atoms with Crippen molar-refractivity contribution in [3.8, 4) is 0 Å².